The molecule has 0 radical (unpaired) electrons. The Morgan fingerprint density at radius 3 is 2.35 bits per heavy atom. The van der Waals surface area contributed by atoms with E-state index in [4.69, 9.17) is 4.74 Å². The number of anilines is 1. The average Bonchev–Trinajstić information content (AvgIpc) is 2.55. The molecule has 2 aromatic carbocycles. The van der Waals surface area contributed by atoms with E-state index in [0.717, 1.165) is 11.3 Å². The van der Waals surface area contributed by atoms with Crippen molar-refractivity contribution in [2.45, 2.75) is 6.42 Å². The van der Waals surface area contributed by atoms with Crippen molar-refractivity contribution in [1.29, 1.82) is 0 Å². The third kappa shape index (κ3) is 5.62. The van der Waals surface area contributed by atoms with Crippen LogP contribution in [0.3, 0.4) is 0 Å². The monoisotopic (exact) mass is 316 g/mol. The summed E-state index contributed by atoms with van der Waals surface area (Å²) in [6.45, 7) is 0.470. The fourth-order valence-corrected chi connectivity index (χ4v) is 2.04. The van der Waals surface area contributed by atoms with Crippen LogP contribution in [0.15, 0.2) is 48.5 Å². The number of benzene rings is 2. The van der Waals surface area contributed by atoms with Gasteiger partial charge in [-0.25, -0.2) is 4.39 Å². The van der Waals surface area contributed by atoms with E-state index in [0.29, 0.717) is 18.7 Å². The summed E-state index contributed by atoms with van der Waals surface area (Å²) in [5.41, 5.74) is 2.05. The number of hydrogen-bond donors (Lipinski definition) is 1. The molecule has 0 aliphatic carbocycles. The molecule has 4 nitrogen and oxygen atoms in total. The van der Waals surface area contributed by atoms with E-state index in [-0.39, 0.29) is 18.3 Å². The van der Waals surface area contributed by atoms with E-state index in [2.05, 4.69) is 5.32 Å². The van der Waals surface area contributed by atoms with Crippen LogP contribution in [0, 0.1) is 5.82 Å². The van der Waals surface area contributed by atoms with Crippen molar-refractivity contribution in [3.8, 4) is 5.75 Å². The molecule has 122 valence electrons. The van der Waals surface area contributed by atoms with Crippen molar-refractivity contribution in [1.82, 2.24) is 5.32 Å². The number of ether oxygens (including phenoxy) is 1. The number of nitrogens with one attached hydrogen (secondary N) is 1. The summed E-state index contributed by atoms with van der Waals surface area (Å²) in [6, 6.07) is 13.8. The minimum absolute atomic E-state index is 0.0231. The van der Waals surface area contributed by atoms with Crippen LogP contribution < -0.4 is 15.0 Å². The number of rotatable bonds is 7. The van der Waals surface area contributed by atoms with Crippen LogP contribution in [0.4, 0.5) is 10.1 Å². The first-order valence-electron chi connectivity index (χ1n) is 7.46. The first-order valence-corrected chi connectivity index (χ1v) is 7.46. The van der Waals surface area contributed by atoms with Gasteiger partial charge in [0, 0.05) is 26.3 Å². The van der Waals surface area contributed by atoms with Crippen molar-refractivity contribution >= 4 is 11.6 Å². The first kappa shape index (κ1) is 16.8. The van der Waals surface area contributed by atoms with Gasteiger partial charge in [-0.1, -0.05) is 12.1 Å². The lowest BCUT2D eigenvalue weighted by molar-refractivity contribution is -0.123. The van der Waals surface area contributed by atoms with Gasteiger partial charge in [-0.2, -0.15) is 0 Å². The predicted octanol–water partition coefficient (Wildman–Crippen LogP) is 2.63. The summed E-state index contributed by atoms with van der Waals surface area (Å²) >= 11 is 0. The Morgan fingerprint density at radius 2 is 1.74 bits per heavy atom. The molecule has 0 aliphatic rings. The van der Waals surface area contributed by atoms with Crippen LogP contribution in [0.2, 0.25) is 0 Å². The zero-order chi connectivity index (χ0) is 16.7. The minimum atomic E-state index is -0.258. The number of amides is 1. The normalized spacial score (nSPS) is 10.2. The Kier molecular flexibility index (Phi) is 5.97. The molecule has 0 bridgehead atoms. The molecule has 2 rings (SSSR count). The summed E-state index contributed by atoms with van der Waals surface area (Å²) < 4.78 is 18.2. The van der Waals surface area contributed by atoms with E-state index in [1.54, 1.807) is 12.1 Å². The Morgan fingerprint density at radius 1 is 1.09 bits per heavy atom. The van der Waals surface area contributed by atoms with Crippen LogP contribution in [0.5, 0.6) is 5.75 Å². The van der Waals surface area contributed by atoms with Crippen LogP contribution in [0.1, 0.15) is 5.56 Å². The first-order chi connectivity index (χ1) is 11.0. The highest BCUT2D eigenvalue weighted by Gasteiger charge is 2.03. The molecule has 0 spiro atoms. The Labute approximate surface area is 135 Å². The smallest absolute Gasteiger partial charge is 0.257 e. The van der Waals surface area contributed by atoms with Gasteiger partial charge in [0.1, 0.15) is 11.6 Å². The van der Waals surface area contributed by atoms with E-state index in [1.165, 1.54) is 12.1 Å². The summed E-state index contributed by atoms with van der Waals surface area (Å²) in [5, 5.41) is 2.78. The van der Waals surface area contributed by atoms with Gasteiger partial charge >= 0.3 is 0 Å². The summed E-state index contributed by atoms with van der Waals surface area (Å²) in [4.78, 5) is 13.7. The van der Waals surface area contributed by atoms with Crippen LogP contribution in [-0.4, -0.2) is 33.2 Å². The molecule has 0 aromatic heterocycles. The number of halogens is 1. The Balaban J connectivity index is 1.69. The number of nitrogens with zero attached hydrogens (tertiary/aromatic N) is 1. The number of carbonyl (C=O) groups is 1. The van der Waals surface area contributed by atoms with E-state index >= 15 is 0 Å². The quantitative estimate of drug-likeness (QED) is 0.854. The Hall–Kier alpha value is -2.56. The molecule has 0 heterocycles. The van der Waals surface area contributed by atoms with Crippen molar-refractivity contribution in [3.63, 3.8) is 0 Å². The topological polar surface area (TPSA) is 41.6 Å². The molecular weight excluding hydrogens is 295 g/mol. The molecule has 0 aliphatic heterocycles. The van der Waals surface area contributed by atoms with Gasteiger partial charge in [0.2, 0.25) is 0 Å². The van der Waals surface area contributed by atoms with E-state index < -0.39 is 0 Å². The van der Waals surface area contributed by atoms with E-state index in [9.17, 15) is 9.18 Å². The lowest BCUT2D eigenvalue weighted by atomic mass is 10.1. The van der Waals surface area contributed by atoms with Crippen molar-refractivity contribution < 1.29 is 13.9 Å². The fourth-order valence-electron chi connectivity index (χ4n) is 2.04. The number of carbonyl (C=O) groups excluding carboxylic acids is 1. The highest BCUT2D eigenvalue weighted by atomic mass is 19.1. The maximum Gasteiger partial charge on any atom is 0.257 e. The van der Waals surface area contributed by atoms with Gasteiger partial charge in [-0.3, -0.25) is 4.79 Å². The predicted molar refractivity (Wildman–Crippen MR) is 89.4 cm³/mol. The zero-order valence-electron chi connectivity index (χ0n) is 13.4. The zero-order valence-corrected chi connectivity index (χ0v) is 13.4. The lowest BCUT2D eigenvalue weighted by Gasteiger charge is -2.13. The van der Waals surface area contributed by atoms with Crippen molar-refractivity contribution in [2.24, 2.45) is 0 Å². The van der Waals surface area contributed by atoms with Crippen molar-refractivity contribution in [3.05, 3.63) is 59.9 Å². The average molecular weight is 316 g/mol. The molecule has 0 fully saturated rings. The molecule has 0 atom stereocenters. The second-order valence-corrected chi connectivity index (χ2v) is 5.40. The molecule has 0 unspecified atom stereocenters. The van der Waals surface area contributed by atoms with Gasteiger partial charge < -0.3 is 15.0 Å². The molecule has 2 aromatic rings. The summed E-state index contributed by atoms with van der Waals surface area (Å²) in [5.74, 6) is 0.222. The van der Waals surface area contributed by atoms with Crippen LogP contribution in [-0.2, 0) is 11.2 Å². The Bertz CT molecular complexity index is 624. The fraction of sp³-hybridized carbons (Fsp3) is 0.278. The molecule has 5 heteroatoms. The third-order valence-electron chi connectivity index (χ3n) is 3.37. The van der Waals surface area contributed by atoms with Gasteiger partial charge in [-0.15, -0.1) is 0 Å². The highest BCUT2D eigenvalue weighted by molar-refractivity contribution is 5.77. The van der Waals surface area contributed by atoms with Gasteiger partial charge in [-0.05, 0) is 48.4 Å². The second kappa shape index (κ2) is 8.17. The van der Waals surface area contributed by atoms with E-state index in [1.807, 2.05) is 43.3 Å². The summed E-state index contributed by atoms with van der Waals surface area (Å²) in [7, 11) is 3.93. The molecule has 0 saturated heterocycles. The standard InChI is InChI=1S/C18H21FN2O2/c1-21(2)16-7-9-17(10-8-16)23-13-18(22)20-12-11-14-3-5-15(19)6-4-14/h3-10H,11-13H2,1-2H3,(H,20,22). The maximum absolute atomic E-state index is 12.8. The van der Waals surface area contributed by atoms with Gasteiger partial charge in [0.05, 0.1) is 0 Å². The minimum Gasteiger partial charge on any atom is -0.484 e. The third-order valence-corrected chi connectivity index (χ3v) is 3.37. The van der Waals surface area contributed by atoms with Crippen LogP contribution in [0.25, 0.3) is 0 Å². The van der Waals surface area contributed by atoms with Crippen molar-refractivity contribution in [2.75, 3.05) is 32.1 Å². The van der Waals surface area contributed by atoms with Crippen LogP contribution >= 0.6 is 0 Å². The van der Waals surface area contributed by atoms with Gasteiger partial charge in [0.15, 0.2) is 6.61 Å². The maximum atomic E-state index is 12.8. The molecule has 1 amide bonds. The lowest BCUT2D eigenvalue weighted by Crippen LogP contribution is -2.30. The SMILES string of the molecule is CN(C)c1ccc(OCC(=O)NCCc2ccc(F)cc2)cc1. The number of hydrogen-bond acceptors (Lipinski definition) is 3. The molecule has 1 N–H and O–H groups in total. The second-order valence-electron chi connectivity index (χ2n) is 5.40. The molecule has 23 heavy (non-hydrogen) atoms. The summed E-state index contributed by atoms with van der Waals surface area (Å²) in [6.07, 6.45) is 0.656. The van der Waals surface area contributed by atoms with Gasteiger partial charge in [0.25, 0.3) is 5.91 Å². The molecular formula is C18H21FN2O2. The largest absolute Gasteiger partial charge is 0.484 e. The molecule has 0 saturated carbocycles. The highest BCUT2D eigenvalue weighted by Crippen LogP contribution is 2.17.